The summed E-state index contributed by atoms with van der Waals surface area (Å²) in [5.41, 5.74) is 1.07. The zero-order valence-corrected chi connectivity index (χ0v) is 13.0. The Kier molecular flexibility index (Phi) is 3.57. The predicted molar refractivity (Wildman–Crippen MR) is 94.0 cm³/mol. The Morgan fingerprint density at radius 1 is 0.880 bits per heavy atom. The van der Waals surface area contributed by atoms with Gasteiger partial charge in [-0.1, -0.05) is 48.5 Å². The van der Waals surface area contributed by atoms with Crippen LogP contribution in [0.3, 0.4) is 0 Å². The number of allylic oxidation sites excluding steroid dienone is 1. The quantitative estimate of drug-likeness (QED) is 0.674. The van der Waals surface area contributed by atoms with Gasteiger partial charge in [0.15, 0.2) is 0 Å². The molecular weight excluding hydrogens is 321 g/mol. The van der Waals surface area contributed by atoms with Gasteiger partial charge in [-0.25, -0.2) is 9.18 Å². The molecule has 2 heterocycles. The van der Waals surface area contributed by atoms with E-state index in [-0.39, 0.29) is 11.4 Å². The molecule has 5 nitrogen and oxygen atoms in total. The van der Waals surface area contributed by atoms with Crippen molar-refractivity contribution >= 4 is 11.5 Å². The highest BCUT2D eigenvalue weighted by Gasteiger charge is 2.28. The summed E-state index contributed by atoms with van der Waals surface area (Å²) in [4.78, 5) is 28.8. The number of rotatable bonds is 2. The third-order valence-electron chi connectivity index (χ3n) is 4.21. The summed E-state index contributed by atoms with van der Waals surface area (Å²) in [6.07, 6.45) is 1.80. The van der Waals surface area contributed by atoms with Crippen LogP contribution in [-0.4, -0.2) is 9.97 Å². The van der Waals surface area contributed by atoms with Crippen LogP contribution in [0.2, 0.25) is 0 Å². The van der Waals surface area contributed by atoms with Crippen molar-refractivity contribution in [2.45, 2.75) is 5.92 Å². The van der Waals surface area contributed by atoms with Crippen molar-refractivity contribution in [3.63, 3.8) is 0 Å². The second kappa shape index (κ2) is 5.90. The maximum atomic E-state index is 14.4. The predicted octanol–water partition coefficient (Wildman–Crippen LogP) is 2.80. The molecule has 1 aliphatic rings. The number of hydrogen-bond donors (Lipinski definition) is 3. The number of aromatic amines is 2. The van der Waals surface area contributed by atoms with Crippen LogP contribution in [0, 0.1) is 5.82 Å². The van der Waals surface area contributed by atoms with E-state index in [9.17, 15) is 14.0 Å². The molecule has 1 atom stereocenters. The molecule has 0 fully saturated rings. The van der Waals surface area contributed by atoms with E-state index < -0.39 is 23.0 Å². The smallest absolute Gasteiger partial charge is 0.327 e. The van der Waals surface area contributed by atoms with E-state index in [1.165, 1.54) is 6.07 Å². The van der Waals surface area contributed by atoms with Crippen LogP contribution in [-0.2, 0) is 0 Å². The number of nitrogens with one attached hydrogen (secondary N) is 3. The first-order valence-corrected chi connectivity index (χ1v) is 7.78. The summed E-state index contributed by atoms with van der Waals surface area (Å²) in [6, 6.07) is 15.8. The molecule has 2 aromatic carbocycles. The van der Waals surface area contributed by atoms with E-state index in [4.69, 9.17) is 0 Å². The summed E-state index contributed by atoms with van der Waals surface area (Å²) in [5.74, 6) is -0.744. The van der Waals surface area contributed by atoms with Crippen LogP contribution in [0.15, 0.2) is 70.3 Å². The summed E-state index contributed by atoms with van der Waals surface area (Å²) in [5, 5.41) is 3.08. The average Bonchev–Trinajstić information content (AvgIpc) is 2.61. The molecule has 0 radical (unpaired) electrons. The molecule has 1 aromatic heterocycles. The average molecular weight is 335 g/mol. The number of H-pyrrole nitrogens is 2. The van der Waals surface area contributed by atoms with Gasteiger partial charge in [-0.3, -0.25) is 14.8 Å². The minimum atomic E-state index is -0.617. The van der Waals surface area contributed by atoms with Gasteiger partial charge in [-0.15, -0.1) is 0 Å². The first-order chi connectivity index (χ1) is 12.1. The summed E-state index contributed by atoms with van der Waals surface area (Å²) in [6.45, 7) is 0. The second-order valence-corrected chi connectivity index (χ2v) is 5.77. The minimum Gasteiger partial charge on any atom is -0.341 e. The molecule has 0 saturated carbocycles. The lowest BCUT2D eigenvalue weighted by Crippen LogP contribution is -2.31. The molecule has 1 aliphatic heterocycles. The van der Waals surface area contributed by atoms with Crippen molar-refractivity contribution in [2.24, 2.45) is 0 Å². The van der Waals surface area contributed by atoms with E-state index in [0.29, 0.717) is 11.3 Å². The zero-order chi connectivity index (χ0) is 17.4. The van der Waals surface area contributed by atoms with Crippen LogP contribution >= 0.6 is 0 Å². The number of benzene rings is 2. The standard InChI is InChI=1S/C19H14FN3O2/c20-14-9-5-4-8-12(14)13-10-15(11-6-2-1-3-7-11)21-17-16(13)18(24)23-19(25)22-17/h1-10,13H,(H3,21,22,23,24,25). The Morgan fingerprint density at radius 3 is 2.36 bits per heavy atom. The zero-order valence-electron chi connectivity index (χ0n) is 13.0. The van der Waals surface area contributed by atoms with Gasteiger partial charge in [0.25, 0.3) is 5.56 Å². The SMILES string of the molecule is O=c1[nH]c2c(c(=O)[nH]1)C(c1ccccc1F)C=C(c1ccccc1)N2. The third-order valence-corrected chi connectivity index (χ3v) is 4.21. The largest absolute Gasteiger partial charge is 0.341 e. The van der Waals surface area contributed by atoms with Gasteiger partial charge < -0.3 is 5.32 Å². The van der Waals surface area contributed by atoms with E-state index in [0.717, 1.165) is 5.56 Å². The first kappa shape index (κ1) is 15.1. The molecule has 0 saturated heterocycles. The van der Waals surface area contributed by atoms with Crippen LogP contribution in [0.5, 0.6) is 0 Å². The Morgan fingerprint density at radius 2 is 1.60 bits per heavy atom. The lowest BCUT2D eigenvalue weighted by molar-refractivity contribution is 0.607. The Labute approximate surface area is 141 Å². The maximum absolute atomic E-state index is 14.4. The van der Waals surface area contributed by atoms with E-state index in [1.807, 2.05) is 30.3 Å². The molecule has 0 amide bonds. The van der Waals surface area contributed by atoms with Gasteiger partial charge in [-0.2, -0.15) is 0 Å². The second-order valence-electron chi connectivity index (χ2n) is 5.77. The summed E-state index contributed by atoms with van der Waals surface area (Å²) in [7, 11) is 0. The summed E-state index contributed by atoms with van der Waals surface area (Å²) < 4.78 is 14.4. The first-order valence-electron chi connectivity index (χ1n) is 7.78. The Bertz CT molecular complexity index is 1080. The van der Waals surface area contributed by atoms with Gasteiger partial charge in [0.1, 0.15) is 11.6 Å². The van der Waals surface area contributed by atoms with Crippen LogP contribution in [0.25, 0.3) is 5.70 Å². The molecule has 3 N–H and O–H groups in total. The lowest BCUT2D eigenvalue weighted by atomic mass is 9.87. The molecule has 0 spiro atoms. The van der Waals surface area contributed by atoms with Gasteiger partial charge in [0, 0.05) is 11.6 Å². The lowest BCUT2D eigenvalue weighted by Gasteiger charge is -2.25. The molecule has 0 bridgehead atoms. The molecule has 0 aliphatic carbocycles. The fourth-order valence-corrected chi connectivity index (χ4v) is 3.08. The van der Waals surface area contributed by atoms with E-state index in [2.05, 4.69) is 15.3 Å². The van der Waals surface area contributed by atoms with Crippen LogP contribution in [0.1, 0.15) is 22.6 Å². The van der Waals surface area contributed by atoms with Crippen LogP contribution < -0.4 is 16.6 Å². The van der Waals surface area contributed by atoms with Crippen molar-refractivity contribution in [1.29, 1.82) is 0 Å². The molecule has 4 rings (SSSR count). The van der Waals surface area contributed by atoms with E-state index in [1.54, 1.807) is 24.3 Å². The fraction of sp³-hybridized carbons (Fsp3) is 0.0526. The number of hydrogen-bond acceptors (Lipinski definition) is 3. The molecule has 25 heavy (non-hydrogen) atoms. The number of anilines is 1. The molecule has 124 valence electrons. The minimum absolute atomic E-state index is 0.281. The molecule has 1 unspecified atom stereocenters. The van der Waals surface area contributed by atoms with Gasteiger partial charge in [-0.05, 0) is 23.3 Å². The van der Waals surface area contributed by atoms with Gasteiger partial charge in [0.05, 0.1) is 5.56 Å². The topological polar surface area (TPSA) is 77.8 Å². The molecular formula is C19H14FN3O2. The highest BCUT2D eigenvalue weighted by molar-refractivity contribution is 5.81. The van der Waals surface area contributed by atoms with Crippen molar-refractivity contribution in [1.82, 2.24) is 9.97 Å². The monoisotopic (exact) mass is 335 g/mol. The summed E-state index contributed by atoms with van der Waals surface area (Å²) >= 11 is 0. The number of fused-ring (bicyclic) bond motifs is 1. The van der Waals surface area contributed by atoms with Crippen molar-refractivity contribution in [2.75, 3.05) is 5.32 Å². The Balaban J connectivity index is 1.97. The molecule has 6 heteroatoms. The van der Waals surface area contributed by atoms with Gasteiger partial charge >= 0.3 is 5.69 Å². The third kappa shape index (κ3) is 2.67. The van der Waals surface area contributed by atoms with Crippen molar-refractivity contribution in [3.8, 4) is 0 Å². The van der Waals surface area contributed by atoms with Crippen molar-refractivity contribution < 1.29 is 4.39 Å². The maximum Gasteiger partial charge on any atom is 0.327 e. The number of aromatic nitrogens is 2. The fourth-order valence-electron chi connectivity index (χ4n) is 3.08. The number of halogens is 1. The highest BCUT2D eigenvalue weighted by Crippen LogP contribution is 2.36. The normalized spacial score (nSPS) is 15.9. The van der Waals surface area contributed by atoms with Crippen molar-refractivity contribution in [3.05, 3.63) is 104 Å². The van der Waals surface area contributed by atoms with E-state index >= 15 is 0 Å². The van der Waals surface area contributed by atoms with Gasteiger partial charge in [0.2, 0.25) is 0 Å². The Hall–Kier alpha value is -3.41. The molecule has 3 aromatic rings. The highest BCUT2D eigenvalue weighted by atomic mass is 19.1. The van der Waals surface area contributed by atoms with Crippen LogP contribution in [0.4, 0.5) is 10.2 Å².